The Balaban J connectivity index is 1.65. The van der Waals surface area contributed by atoms with Crippen LogP contribution in [-0.2, 0) is 9.84 Å². The van der Waals surface area contributed by atoms with Gasteiger partial charge < -0.3 is 5.32 Å². The van der Waals surface area contributed by atoms with E-state index in [-0.39, 0.29) is 10.6 Å². The van der Waals surface area contributed by atoms with Crippen LogP contribution in [-0.4, -0.2) is 29.6 Å². The number of hydrogen-bond acceptors (Lipinski definition) is 6. The number of anilines is 2. The largest absolute Gasteiger partial charge is 0.340 e. The fourth-order valence-electron chi connectivity index (χ4n) is 2.94. The number of benzene rings is 1. The molecule has 3 aromatic heterocycles. The molecule has 0 saturated carbocycles. The van der Waals surface area contributed by atoms with Gasteiger partial charge in [-0.1, -0.05) is 5.92 Å². The fraction of sp³-hybridized carbons (Fsp3) is 0.0870. The van der Waals surface area contributed by atoms with Gasteiger partial charge in [0.15, 0.2) is 9.84 Å². The molecule has 4 aromatic rings. The lowest BCUT2D eigenvalue weighted by Crippen LogP contribution is -1.98. The number of alkyl halides is 2. The van der Waals surface area contributed by atoms with E-state index in [1.807, 2.05) is 0 Å². The number of nitrogens with one attached hydrogen (secondary N) is 1. The lowest BCUT2D eigenvalue weighted by atomic mass is 10.1. The molecule has 0 saturated heterocycles. The summed E-state index contributed by atoms with van der Waals surface area (Å²) in [5.74, 6) is 6.30. The molecule has 160 valence electrons. The maximum Gasteiger partial charge on any atom is 0.280 e. The highest BCUT2D eigenvalue weighted by Crippen LogP contribution is 2.23. The zero-order chi connectivity index (χ0) is 22.7. The van der Waals surface area contributed by atoms with Crippen molar-refractivity contribution in [1.29, 1.82) is 0 Å². The van der Waals surface area contributed by atoms with Gasteiger partial charge in [-0.05, 0) is 54.5 Å². The predicted octanol–water partition coefficient (Wildman–Crippen LogP) is 4.51. The molecule has 0 spiro atoms. The SMILES string of the molecule is CS(=O)(=O)c1ccc(Nc2cc3c(C#Cc4ccnc(C(F)F)c4)nccc3cn2)cc1. The average Bonchev–Trinajstić information content (AvgIpc) is 2.77. The summed E-state index contributed by atoms with van der Waals surface area (Å²) in [7, 11) is -3.28. The third kappa shape index (κ3) is 4.87. The van der Waals surface area contributed by atoms with Crippen LogP contribution < -0.4 is 5.32 Å². The Bertz CT molecular complexity index is 1460. The molecule has 0 bridgehead atoms. The van der Waals surface area contributed by atoms with E-state index in [9.17, 15) is 17.2 Å². The van der Waals surface area contributed by atoms with Gasteiger partial charge in [0.05, 0.1) is 4.90 Å². The lowest BCUT2D eigenvalue weighted by Gasteiger charge is -2.08. The van der Waals surface area contributed by atoms with Crippen molar-refractivity contribution in [3.63, 3.8) is 0 Å². The first-order chi connectivity index (χ1) is 15.3. The van der Waals surface area contributed by atoms with Gasteiger partial charge in [0.25, 0.3) is 6.43 Å². The third-order valence-corrected chi connectivity index (χ3v) is 5.66. The number of nitrogens with zero attached hydrogens (tertiary/aromatic N) is 3. The molecule has 0 aliphatic heterocycles. The molecule has 9 heteroatoms. The van der Waals surface area contributed by atoms with E-state index in [0.717, 1.165) is 17.0 Å². The van der Waals surface area contributed by atoms with Crippen LogP contribution in [0.2, 0.25) is 0 Å². The zero-order valence-electron chi connectivity index (χ0n) is 16.8. The Hall–Kier alpha value is -3.90. The van der Waals surface area contributed by atoms with E-state index in [1.165, 1.54) is 24.4 Å². The Kier molecular flexibility index (Phi) is 5.79. The van der Waals surface area contributed by atoms with Gasteiger partial charge in [0.2, 0.25) is 0 Å². The molecule has 0 fully saturated rings. The number of pyridine rings is 3. The molecular weight excluding hydrogens is 434 g/mol. The second-order valence-electron chi connectivity index (χ2n) is 6.89. The number of hydrogen-bond donors (Lipinski definition) is 1. The second kappa shape index (κ2) is 8.69. The molecule has 32 heavy (non-hydrogen) atoms. The first-order valence-electron chi connectivity index (χ1n) is 9.37. The van der Waals surface area contributed by atoms with E-state index in [2.05, 4.69) is 32.1 Å². The van der Waals surface area contributed by atoms with Crippen LogP contribution >= 0.6 is 0 Å². The summed E-state index contributed by atoms with van der Waals surface area (Å²) in [6, 6.07) is 12.7. The summed E-state index contributed by atoms with van der Waals surface area (Å²) in [5, 5.41) is 4.66. The van der Waals surface area contributed by atoms with Crippen LogP contribution in [0.3, 0.4) is 0 Å². The minimum atomic E-state index is -3.28. The normalized spacial score (nSPS) is 11.2. The third-order valence-electron chi connectivity index (χ3n) is 4.53. The molecule has 1 N–H and O–H groups in total. The van der Waals surface area contributed by atoms with Crippen molar-refractivity contribution < 1.29 is 17.2 Å². The van der Waals surface area contributed by atoms with Crippen molar-refractivity contribution in [2.75, 3.05) is 11.6 Å². The van der Waals surface area contributed by atoms with E-state index in [1.54, 1.807) is 42.7 Å². The number of rotatable bonds is 4. The quantitative estimate of drug-likeness (QED) is 0.461. The number of sulfone groups is 1. The summed E-state index contributed by atoms with van der Waals surface area (Å²) in [4.78, 5) is 12.5. The smallest absolute Gasteiger partial charge is 0.280 e. The van der Waals surface area contributed by atoms with Crippen LogP contribution in [0.5, 0.6) is 0 Å². The van der Waals surface area contributed by atoms with Gasteiger partial charge in [-0.25, -0.2) is 27.2 Å². The van der Waals surface area contributed by atoms with Crippen LogP contribution in [0.4, 0.5) is 20.3 Å². The van der Waals surface area contributed by atoms with Gasteiger partial charge in [0.1, 0.15) is 17.2 Å². The summed E-state index contributed by atoms with van der Waals surface area (Å²) < 4.78 is 48.9. The topological polar surface area (TPSA) is 84.8 Å². The molecule has 1 aromatic carbocycles. The molecule has 4 rings (SSSR count). The van der Waals surface area contributed by atoms with E-state index < -0.39 is 16.3 Å². The van der Waals surface area contributed by atoms with Crippen LogP contribution in [0.1, 0.15) is 23.4 Å². The van der Waals surface area contributed by atoms with Crippen LogP contribution in [0.15, 0.2) is 72.0 Å². The van der Waals surface area contributed by atoms with Crippen LogP contribution in [0.25, 0.3) is 10.8 Å². The Morgan fingerprint density at radius 1 is 0.938 bits per heavy atom. The zero-order valence-corrected chi connectivity index (χ0v) is 17.6. The minimum Gasteiger partial charge on any atom is -0.340 e. The Morgan fingerprint density at radius 2 is 1.69 bits per heavy atom. The maximum atomic E-state index is 12.9. The van der Waals surface area contributed by atoms with E-state index in [0.29, 0.717) is 22.8 Å². The Morgan fingerprint density at radius 3 is 2.41 bits per heavy atom. The second-order valence-corrected chi connectivity index (χ2v) is 8.91. The molecular formula is C23H16F2N4O2S. The first kappa shape index (κ1) is 21.3. The molecule has 0 unspecified atom stereocenters. The molecule has 0 amide bonds. The summed E-state index contributed by atoms with van der Waals surface area (Å²) in [6.07, 6.45) is 3.04. The molecule has 0 radical (unpaired) electrons. The van der Waals surface area contributed by atoms with Crippen molar-refractivity contribution in [2.24, 2.45) is 0 Å². The molecule has 0 aliphatic rings. The monoisotopic (exact) mass is 450 g/mol. The van der Waals surface area contributed by atoms with Gasteiger partial charge in [-0.2, -0.15) is 0 Å². The highest BCUT2D eigenvalue weighted by Gasteiger charge is 2.09. The number of halogens is 2. The Labute approximate surface area is 183 Å². The highest BCUT2D eigenvalue weighted by atomic mass is 32.2. The minimum absolute atomic E-state index is 0.224. The number of aromatic nitrogens is 3. The summed E-state index contributed by atoms with van der Waals surface area (Å²) in [5.41, 5.74) is 1.21. The van der Waals surface area contributed by atoms with E-state index >= 15 is 0 Å². The van der Waals surface area contributed by atoms with Crippen molar-refractivity contribution in [2.45, 2.75) is 11.3 Å². The molecule has 0 atom stereocenters. The van der Waals surface area contributed by atoms with Crippen molar-refractivity contribution in [1.82, 2.24) is 15.0 Å². The summed E-state index contributed by atoms with van der Waals surface area (Å²) in [6.45, 7) is 0. The van der Waals surface area contributed by atoms with Crippen LogP contribution in [0, 0.1) is 11.8 Å². The fourth-order valence-corrected chi connectivity index (χ4v) is 3.57. The lowest BCUT2D eigenvalue weighted by molar-refractivity contribution is 0.146. The molecule has 0 aliphatic carbocycles. The van der Waals surface area contributed by atoms with Gasteiger partial charge in [-0.15, -0.1) is 0 Å². The maximum absolute atomic E-state index is 12.9. The summed E-state index contributed by atoms with van der Waals surface area (Å²) >= 11 is 0. The molecule has 3 heterocycles. The van der Waals surface area contributed by atoms with Crippen molar-refractivity contribution in [3.05, 3.63) is 84.1 Å². The first-order valence-corrected chi connectivity index (χ1v) is 11.3. The van der Waals surface area contributed by atoms with Crippen molar-refractivity contribution in [3.8, 4) is 11.8 Å². The van der Waals surface area contributed by atoms with Gasteiger partial charge >= 0.3 is 0 Å². The predicted molar refractivity (Wildman–Crippen MR) is 118 cm³/mol. The average molecular weight is 450 g/mol. The van der Waals surface area contributed by atoms with E-state index in [4.69, 9.17) is 0 Å². The van der Waals surface area contributed by atoms with Gasteiger partial charge in [0, 0.05) is 46.9 Å². The standard InChI is InChI=1S/C23H16F2N4O2S/c1-32(30,31)18-5-3-17(4-6-18)29-22-13-19-16(14-28-22)9-11-26-20(19)7-2-15-8-10-27-21(12-15)23(24)25/h3-6,8-14,23H,1H3,(H,28,29). The van der Waals surface area contributed by atoms with Gasteiger partial charge in [-0.3, -0.25) is 4.98 Å². The molecule has 6 nitrogen and oxygen atoms in total. The number of fused-ring (bicyclic) bond motifs is 1. The van der Waals surface area contributed by atoms with Crippen molar-refractivity contribution >= 4 is 32.1 Å². The highest BCUT2D eigenvalue weighted by molar-refractivity contribution is 7.90.